The van der Waals surface area contributed by atoms with Crippen molar-refractivity contribution in [1.82, 2.24) is 10.6 Å². The highest BCUT2D eigenvalue weighted by Gasteiger charge is 2.17. The number of rotatable bonds is 4. The molecule has 1 aliphatic heterocycles. The maximum absolute atomic E-state index is 3.68. The van der Waals surface area contributed by atoms with Crippen molar-refractivity contribution in [1.29, 1.82) is 0 Å². The molecule has 12 heavy (non-hydrogen) atoms. The molecule has 72 valence electrons. The molecule has 2 heteroatoms. The molecule has 2 atom stereocenters. The summed E-state index contributed by atoms with van der Waals surface area (Å²) < 4.78 is 0. The van der Waals surface area contributed by atoms with E-state index >= 15 is 0 Å². The van der Waals surface area contributed by atoms with E-state index in [4.69, 9.17) is 0 Å². The molecule has 0 spiro atoms. The van der Waals surface area contributed by atoms with Crippen LogP contribution in [0.15, 0.2) is 0 Å². The Kier molecular flexibility index (Phi) is 4.62. The molecule has 0 saturated carbocycles. The molecule has 1 rings (SSSR count). The molecule has 0 aromatic carbocycles. The van der Waals surface area contributed by atoms with Crippen LogP contribution >= 0.6 is 0 Å². The first-order valence-corrected chi connectivity index (χ1v) is 5.33. The Bertz CT molecular complexity index is 114. The van der Waals surface area contributed by atoms with Crippen molar-refractivity contribution in [3.63, 3.8) is 0 Å². The van der Waals surface area contributed by atoms with Crippen LogP contribution in [0.1, 0.15) is 39.5 Å². The van der Waals surface area contributed by atoms with Crippen molar-refractivity contribution in [3.8, 4) is 0 Å². The fourth-order valence-electron chi connectivity index (χ4n) is 1.78. The highest BCUT2D eigenvalue weighted by molar-refractivity contribution is 4.82. The average molecular weight is 170 g/mol. The Balaban J connectivity index is 2.16. The van der Waals surface area contributed by atoms with Crippen LogP contribution in [0.25, 0.3) is 0 Å². The van der Waals surface area contributed by atoms with Gasteiger partial charge in [0, 0.05) is 25.2 Å². The van der Waals surface area contributed by atoms with Gasteiger partial charge in [-0.3, -0.25) is 0 Å². The SMILES string of the molecule is CCCCC1CNCC(CC)N1. The van der Waals surface area contributed by atoms with Gasteiger partial charge in [0.05, 0.1) is 0 Å². The van der Waals surface area contributed by atoms with Gasteiger partial charge in [0.2, 0.25) is 0 Å². The highest BCUT2D eigenvalue weighted by atomic mass is 15.1. The minimum Gasteiger partial charge on any atom is -0.314 e. The number of hydrogen-bond donors (Lipinski definition) is 2. The summed E-state index contributed by atoms with van der Waals surface area (Å²) in [6.07, 6.45) is 5.25. The van der Waals surface area contributed by atoms with Crippen LogP contribution in [0.4, 0.5) is 0 Å². The minimum absolute atomic E-state index is 0.709. The fourth-order valence-corrected chi connectivity index (χ4v) is 1.78. The average Bonchev–Trinajstić information content (AvgIpc) is 2.15. The molecule has 0 aromatic heterocycles. The third kappa shape index (κ3) is 3.11. The predicted octanol–water partition coefficient (Wildman–Crippen LogP) is 1.52. The zero-order chi connectivity index (χ0) is 8.81. The molecule has 0 radical (unpaired) electrons. The minimum atomic E-state index is 0.709. The summed E-state index contributed by atoms with van der Waals surface area (Å²) in [5, 5.41) is 7.16. The lowest BCUT2D eigenvalue weighted by Gasteiger charge is -2.31. The Morgan fingerprint density at radius 2 is 1.92 bits per heavy atom. The fraction of sp³-hybridized carbons (Fsp3) is 1.00. The first kappa shape index (κ1) is 10.0. The van der Waals surface area contributed by atoms with Crippen molar-refractivity contribution in [2.75, 3.05) is 13.1 Å². The van der Waals surface area contributed by atoms with Crippen molar-refractivity contribution in [2.24, 2.45) is 0 Å². The topological polar surface area (TPSA) is 24.1 Å². The third-order valence-electron chi connectivity index (χ3n) is 2.65. The second kappa shape index (κ2) is 5.55. The predicted molar refractivity (Wildman–Crippen MR) is 53.4 cm³/mol. The molecule has 0 amide bonds. The van der Waals surface area contributed by atoms with E-state index in [1.54, 1.807) is 0 Å². The molecule has 1 aliphatic rings. The third-order valence-corrected chi connectivity index (χ3v) is 2.65. The first-order chi connectivity index (χ1) is 5.86. The van der Waals surface area contributed by atoms with Crippen molar-refractivity contribution < 1.29 is 0 Å². The maximum atomic E-state index is 3.68. The van der Waals surface area contributed by atoms with Crippen LogP contribution in [0.5, 0.6) is 0 Å². The van der Waals surface area contributed by atoms with Gasteiger partial charge in [0.15, 0.2) is 0 Å². The van der Waals surface area contributed by atoms with Gasteiger partial charge in [-0.15, -0.1) is 0 Å². The normalized spacial score (nSPS) is 30.5. The van der Waals surface area contributed by atoms with Crippen LogP contribution in [-0.2, 0) is 0 Å². The molecule has 0 bridgehead atoms. The van der Waals surface area contributed by atoms with Gasteiger partial charge in [-0.2, -0.15) is 0 Å². The molecule has 0 aromatic rings. The van der Waals surface area contributed by atoms with Crippen molar-refractivity contribution in [3.05, 3.63) is 0 Å². The summed E-state index contributed by atoms with van der Waals surface area (Å²) in [6.45, 7) is 6.82. The van der Waals surface area contributed by atoms with E-state index in [1.165, 1.54) is 25.7 Å². The quantitative estimate of drug-likeness (QED) is 0.668. The van der Waals surface area contributed by atoms with Crippen LogP contribution in [0.3, 0.4) is 0 Å². The summed E-state index contributed by atoms with van der Waals surface area (Å²) in [6, 6.07) is 1.43. The van der Waals surface area contributed by atoms with E-state index in [2.05, 4.69) is 24.5 Å². The standard InChI is InChI=1S/C10H22N2/c1-3-5-6-10-8-11-7-9(4-2)12-10/h9-12H,3-8H2,1-2H3. The van der Waals surface area contributed by atoms with E-state index in [0.29, 0.717) is 6.04 Å². The van der Waals surface area contributed by atoms with Gasteiger partial charge < -0.3 is 10.6 Å². The van der Waals surface area contributed by atoms with E-state index in [1.807, 2.05) is 0 Å². The lowest BCUT2D eigenvalue weighted by molar-refractivity contribution is 0.315. The molecular formula is C10H22N2. The summed E-state index contributed by atoms with van der Waals surface area (Å²) in [5.41, 5.74) is 0. The van der Waals surface area contributed by atoms with Gasteiger partial charge in [-0.05, 0) is 12.8 Å². The Morgan fingerprint density at radius 1 is 1.17 bits per heavy atom. The van der Waals surface area contributed by atoms with Crippen molar-refractivity contribution in [2.45, 2.75) is 51.6 Å². The van der Waals surface area contributed by atoms with Gasteiger partial charge in [-0.1, -0.05) is 26.7 Å². The highest BCUT2D eigenvalue weighted by Crippen LogP contribution is 2.05. The number of hydrogen-bond acceptors (Lipinski definition) is 2. The first-order valence-electron chi connectivity index (χ1n) is 5.33. The van der Waals surface area contributed by atoms with Crippen LogP contribution in [0, 0.1) is 0 Å². The largest absolute Gasteiger partial charge is 0.314 e. The molecule has 0 aliphatic carbocycles. The molecule has 2 nitrogen and oxygen atoms in total. The molecular weight excluding hydrogens is 148 g/mol. The van der Waals surface area contributed by atoms with Crippen LogP contribution in [-0.4, -0.2) is 25.2 Å². The lowest BCUT2D eigenvalue weighted by atomic mass is 10.0. The number of piperazine rings is 1. The molecule has 1 heterocycles. The molecule has 1 fully saturated rings. The van der Waals surface area contributed by atoms with Gasteiger partial charge in [0.1, 0.15) is 0 Å². The van der Waals surface area contributed by atoms with E-state index in [9.17, 15) is 0 Å². The Labute approximate surface area is 76.1 Å². The maximum Gasteiger partial charge on any atom is 0.0195 e. The Hall–Kier alpha value is -0.0800. The smallest absolute Gasteiger partial charge is 0.0195 e. The molecule has 1 saturated heterocycles. The summed E-state index contributed by atoms with van der Waals surface area (Å²) in [7, 11) is 0. The van der Waals surface area contributed by atoms with Crippen molar-refractivity contribution >= 4 is 0 Å². The second-order valence-electron chi connectivity index (χ2n) is 3.77. The van der Waals surface area contributed by atoms with Gasteiger partial charge in [0.25, 0.3) is 0 Å². The number of unbranched alkanes of at least 4 members (excludes halogenated alkanes) is 1. The number of nitrogens with one attached hydrogen (secondary N) is 2. The van der Waals surface area contributed by atoms with E-state index in [-0.39, 0.29) is 0 Å². The van der Waals surface area contributed by atoms with E-state index < -0.39 is 0 Å². The summed E-state index contributed by atoms with van der Waals surface area (Å²) >= 11 is 0. The van der Waals surface area contributed by atoms with Gasteiger partial charge in [-0.25, -0.2) is 0 Å². The zero-order valence-electron chi connectivity index (χ0n) is 8.40. The molecule has 2 unspecified atom stereocenters. The second-order valence-corrected chi connectivity index (χ2v) is 3.77. The Morgan fingerprint density at radius 3 is 2.58 bits per heavy atom. The summed E-state index contributed by atoms with van der Waals surface area (Å²) in [4.78, 5) is 0. The molecule has 2 N–H and O–H groups in total. The van der Waals surface area contributed by atoms with E-state index in [0.717, 1.165) is 19.1 Å². The zero-order valence-corrected chi connectivity index (χ0v) is 8.40. The van der Waals surface area contributed by atoms with Crippen LogP contribution in [0.2, 0.25) is 0 Å². The summed E-state index contributed by atoms with van der Waals surface area (Å²) in [5.74, 6) is 0. The monoisotopic (exact) mass is 170 g/mol. The lowest BCUT2D eigenvalue weighted by Crippen LogP contribution is -2.54. The van der Waals surface area contributed by atoms with Crippen LogP contribution < -0.4 is 10.6 Å². The van der Waals surface area contributed by atoms with Gasteiger partial charge >= 0.3 is 0 Å².